The van der Waals surface area contributed by atoms with Crippen molar-refractivity contribution >= 4 is 11.9 Å². The van der Waals surface area contributed by atoms with E-state index in [4.69, 9.17) is 28.7 Å². The highest BCUT2D eigenvalue weighted by Crippen LogP contribution is 2.60. The average Bonchev–Trinajstić information content (AvgIpc) is 3.10. The number of benzene rings is 1. The third kappa shape index (κ3) is 4.41. The first-order valence-corrected chi connectivity index (χ1v) is 12.8. The highest BCUT2D eigenvalue weighted by atomic mass is 17.3. The summed E-state index contributed by atoms with van der Waals surface area (Å²) in [5, 5.41) is 9.35. The predicted octanol–water partition coefficient (Wildman–Crippen LogP) is 4.33. The van der Waals surface area contributed by atoms with Crippen molar-refractivity contribution in [2.24, 2.45) is 23.7 Å². The normalized spacial score (nSPS) is 39.7. The lowest BCUT2D eigenvalue weighted by atomic mass is 9.58. The van der Waals surface area contributed by atoms with Gasteiger partial charge in [-0.1, -0.05) is 44.2 Å². The molecule has 9 atom stereocenters. The second-order valence-electron chi connectivity index (χ2n) is 10.7. The fourth-order valence-electron chi connectivity index (χ4n) is 6.39. The van der Waals surface area contributed by atoms with Crippen molar-refractivity contribution in [3.8, 4) is 6.07 Å². The molecule has 4 heterocycles. The molecule has 9 heteroatoms. The lowest BCUT2D eigenvalue weighted by Gasteiger charge is -2.59. The largest absolute Gasteiger partial charge is 0.442 e. The second-order valence-corrected chi connectivity index (χ2v) is 10.7. The van der Waals surface area contributed by atoms with E-state index in [1.54, 1.807) is 24.3 Å². The Labute approximate surface area is 210 Å². The highest BCUT2D eigenvalue weighted by Gasteiger charge is 2.69. The van der Waals surface area contributed by atoms with Gasteiger partial charge in [0.05, 0.1) is 12.8 Å². The fraction of sp³-hybridized carbons (Fsp3) is 0.667. The van der Waals surface area contributed by atoms with Gasteiger partial charge >= 0.3 is 11.9 Å². The number of carbonyl (C=O) groups excluding carboxylic acids is 2. The van der Waals surface area contributed by atoms with Gasteiger partial charge in [0.1, 0.15) is 6.07 Å². The molecule has 4 aliphatic heterocycles. The van der Waals surface area contributed by atoms with Crippen LogP contribution in [0, 0.1) is 35.0 Å². The van der Waals surface area contributed by atoms with E-state index in [9.17, 15) is 14.9 Å². The van der Waals surface area contributed by atoms with Crippen LogP contribution in [0.1, 0.15) is 71.0 Å². The summed E-state index contributed by atoms with van der Waals surface area (Å²) in [6, 6.07) is 10.7. The molecule has 1 aliphatic carbocycles. The number of esters is 2. The van der Waals surface area contributed by atoms with E-state index in [2.05, 4.69) is 6.92 Å². The Bertz CT molecular complexity index is 1030. The Morgan fingerprint density at radius 3 is 2.58 bits per heavy atom. The molecule has 0 N–H and O–H groups in total. The Morgan fingerprint density at radius 2 is 1.83 bits per heavy atom. The molecule has 194 valence electrons. The van der Waals surface area contributed by atoms with Gasteiger partial charge in [0.25, 0.3) is 0 Å². The van der Waals surface area contributed by atoms with Crippen LogP contribution in [0.4, 0.5) is 0 Å². The third-order valence-electron chi connectivity index (χ3n) is 8.35. The second kappa shape index (κ2) is 9.75. The summed E-state index contributed by atoms with van der Waals surface area (Å²) in [5.74, 6) is -1.59. The molecule has 0 aromatic heterocycles. The molecular weight excluding hydrogens is 466 g/mol. The van der Waals surface area contributed by atoms with Crippen LogP contribution in [0.5, 0.6) is 0 Å². The molecule has 0 amide bonds. The van der Waals surface area contributed by atoms with Gasteiger partial charge in [-0.3, -0.25) is 9.59 Å². The number of fused-ring (bicyclic) bond motifs is 2. The first-order valence-electron chi connectivity index (χ1n) is 12.8. The van der Waals surface area contributed by atoms with E-state index in [1.165, 1.54) is 0 Å². The van der Waals surface area contributed by atoms with E-state index in [0.29, 0.717) is 17.9 Å². The van der Waals surface area contributed by atoms with Crippen LogP contribution in [0.2, 0.25) is 0 Å². The maximum atomic E-state index is 12.7. The number of hydrogen-bond acceptors (Lipinski definition) is 9. The minimum absolute atomic E-state index is 0.0325. The summed E-state index contributed by atoms with van der Waals surface area (Å²) in [6.45, 7) is 6.07. The van der Waals surface area contributed by atoms with Crippen LogP contribution < -0.4 is 0 Å². The third-order valence-corrected chi connectivity index (χ3v) is 8.35. The first kappa shape index (κ1) is 25.2. The van der Waals surface area contributed by atoms with Crippen molar-refractivity contribution in [1.29, 1.82) is 5.26 Å². The highest BCUT2D eigenvalue weighted by molar-refractivity contribution is 5.78. The summed E-state index contributed by atoms with van der Waals surface area (Å²) < 4.78 is 23.5. The lowest BCUT2D eigenvalue weighted by Crippen LogP contribution is -2.70. The summed E-state index contributed by atoms with van der Waals surface area (Å²) in [4.78, 5) is 36.9. The minimum atomic E-state index is -1.03. The molecule has 4 unspecified atom stereocenters. The molecule has 5 fully saturated rings. The van der Waals surface area contributed by atoms with Crippen molar-refractivity contribution in [3.05, 3.63) is 35.9 Å². The van der Waals surface area contributed by atoms with Gasteiger partial charge in [0, 0.05) is 23.8 Å². The first-order chi connectivity index (χ1) is 17.3. The van der Waals surface area contributed by atoms with Crippen LogP contribution in [-0.2, 0) is 38.3 Å². The Hall–Kier alpha value is -2.51. The molecule has 6 rings (SSSR count). The van der Waals surface area contributed by atoms with Gasteiger partial charge < -0.3 is 18.9 Å². The van der Waals surface area contributed by atoms with E-state index in [0.717, 1.165) is 19.3 Å². The van der Waals surface area contributed by atoms with E-state index >= 15 is 0 Å². The standard InChI is InChI=1S/C27H33NO8/c1-16-9-10-20-17(2)24(33-25-27(20)19(16)13-14-26(3,34-25)35-36-27)32-23(30)12-11-22(29)31-21(15-28)18-7-5-4-6-8-18/h4-8,16-17,19-21,24-25H,9-14H2,1-3H3/t16-,17-,19+,20?,21?,24?,25-,26-,27?/m1/s1. The number of hydrogen-bond donors (Lipinski definition) is 0. The van der Waals surface area contributed by atoms with Crippen LogP contribution in [-0.4, -0.2) is 35.9 Å². The van der Waals surface area contributed by atoms with Crippen LogP contribution in [0.15, 0.2) is 30.3 Å². The zero-order valence-electron chi connectivity index (χ0n) is 20.9. The Balaban J connectivity index is 1.21. The molecule has 1 aromatic rings. The van der Waals surface area contributed by atoms with Gasteiger partial charge in [-0.25, -0.2) is 9.78 Å². The quantitative estimate of drug-likeness (QED) is 0.417. The van der Waals surface area contributed by atoms with Crippen molar-refractivity contribution in [3.63, 3.8) is 0 Å². The van der Waals surface area contributed by atoms with Crippen LogP contribution in [0.25, 0.3) is 0 Å². The molecule has 1 saturated carbocycles. The monoisotopic (exact) mass is 499 g/mol. The maximum absolute atomic E-state index is 12.7. The van der Waals surface area contributed by atoms with Gasteiger partial charge in [-0.15, -0.1) is 0 Å². The molecule has 9 nitrogen and oxygen atoms in total. The number of nitrogens with zero attached hydrogens (tertiary/aromatic N) is 1. The summed E-state index contributed by atoms with van der Waals surface area (Å²) in [5.41, 5.74) is -0.157. The van der Waals surface area contributed by atoms with Crippen molar-refractivity contribution in [2.45, 2.75) is 89.4 Å². The molecule has 36 heavy (non-hydrogen) atoms. The summed E-state index contributed by atoms with van der Waals surface area (Å²) >= 11 is 0. The zero-order valence-corrected chi connectivity index (χ0v) is 20.9. The average molecular weight is 500 g/mol. The Morgan fingerprint density at radius 1 is 1.08 bits per heavy atom. The topological polar surface area (TPSA) is 113 Å². The van der Waals surface area contributed by atoms with E-state index < -0.39 is 42.0 Å². The maximum Gasteiger partial charge on any atom is 0.308 e. The van der Waals surface area contributed by atoms with E-state index in [-0.39, 0.29) is 30.6 Å². The van der Waals surface area contributed by atoms with E-state index in [1.807, 2.05) is 26.0 Å². The molecule has 0 radical (unpaired) electrons. The van der Waals surface area contributed by atoms with Gasteiger partial charge in [-0.2, -0.15) is 5.26 Å². The summed E-state index contributed by atoms with van der Waals surface area (Å²) in [7, 11) is 0. The van der Waals surface area contributed by atoms with Crippen molar-refractivity contribution in [1.82, 2.24) is 0 Å². The molecule has 1 aromatic carbocycles. The van der Waals surface area contributed by atoms with Gasteiger partial charge in [0.15, 0.2) is 11.9 Å². The number of nitriles is 1. The lowest BCUT2D eigenvalue weighted by molar-refractivity contribution is -0.576. The van der Waals surface area contributed by atoms with Crippen LogP contribution in [0.3, 0.4) is 0 Å². The predicted molar refractivity (Wildman–Crippen MR) is 123 cm³/mol. The number of rotatable bonds is 6. The minimum Gasteiger partial charge on any atom is -0.442 e. The molecule has 4 saturated heterocycles. The molecule has 1 spiro atoms. The van der Waals surface area contributed by atoms with Gasteiger partial charge in [-0.05, 0) is 38.0 Å². The van der Waals surface area contributed by atoms with Crippen molar-refractivity contribution in [2.75, 3.05) is 0 Å². The zero-order chi connectivity index (χ0) is 25.5. The molecular formula is C27H33NO8. The summed E-state index contributed by atoms with van der Waals surface area (Å²) in [6.07, 6.45) is 0.594. The molecule has 2 bridgehead atoms. The molecule has 5 aliphatic rings. The SMILES string of the molecule is C[C@H]1C(OC(=O)CCC(=O)OC(C#N)c2ccccc2)O[C@@H]2O[C@@]3(C)CC[C@H]4[C@H](C)CCC1C24OO3. The number of carbonyl (C=O) groups is 2. The van der Waals surface area contributed by atoms with Crippen LogP contribution >= 0.6 is 0 Å². The Kier molecular flexibility index (Phi) is 6.81. The smallest absolute Gasteiger partial charge is 0.308 e. The van der Waals surface area contributed by atoms with Gasteiger partial charge in [0.2, 0.25) is 18.2 Å². The number of ether oxygens (including phenoxy) is 4. The van der Waals surface area contributed by atoms with Crippen molar-refractivity contribution < 1.29 is 38.3 Å². The fourth-order valence-corrected chi connectivity index (χ4v) is 6.39.